The Kier molecular flexibility index (Phi) is 7.86. The molecule has 0 aliphatic rings. The quantitative estimate of drug-likeness (QED) is 0.134. The smallest absolute Gasteiger partial charge is 0.0691 e. The summed E-state index contributed by atoms with van der Waals surface area (Å²) in [6.07, 6.45) is 0. The second-order valence-corrected chi connectivity index (χ2v) is 14.3. The molecule has 0 saturated carbocycles. The van der Waals surface area contributed by atoms with E-state index in [-0.39, 0.29) is 0 Å². The average molecular weight is 684 g/mol. The fourth-order valence-electron chi connectivity index (χ4n) is 8.27. The lowest BCUT2D eigenvalue weighted by atomic mass is 9.91. The van der Waals surface area contributed by atoms with Gasteiger partial charge >= 0.3 is 0 Å². The monoisotopic (exact) mass is 683 g/mol. The fourth-order valence-corrected chi connectivity index (χ4v) is 8.27. The van der Waals surface area contributed by atoms with Crippen molar-refractivity contribution in [1.29, 1.82) is 0 Å². The summed E-state index contributed by atoms with van der Waals surface area (Å²) in [5, 5.41) is 7.33. The van der Waals surface area contributed by atoms with Crippen LogP contribution in [-0.2, 0) is 0 Å². The number of nitrogens with two attached hydrogens (primary N) is 1. The Morgan fingerprint density at radius 1 is 0.377 bits per heavy atom. The van der Waals surface area contributed by atoms with Crippen LogP contribution in [0.5, 0.6) is 0 Å². The van der Waals surface area contributed by atoms with Crippen LogP contribution in [0.1, 0.15) is 22.3 Å². The number of hydrogen-bond acceptors (Lipinski definition) is 3. The van der Waals surface area contributed by atoms with Gasteiger partial charge in [-0.05, 0) is 108 Å². The zero-order chi connectivity index (χ0) is 36.2. The van der Waals surface area contributed by atoms with Crippen molar-refractivity contribution < 1.29 is 0 Å². The van der Waals surface area contributed by atoms with E-state index in [2.05, 4.69) is 189 Å². The summed E-state index contributed by atoms with van der Waals surface area (Å²) in [4.78, 5) is 4.81. The van der Waals surface area contributed by atoms with Gasteiger partial charge in [0.25, 0.3) is 0 Å². The molecule has 256 valence electrons. The maximum absolute atomic E-state index is 6.76. The summed E-state index contributed by atoms with van der Waals surface area (Å²) in [6.45, 7) is 8.72. The van der Waals surface area contributed by atoms with E-state index in [9.17, 15) is 0 Å². The van der Waals surface area contributed by atoms with Gasteiger partial charge in [0, 0.05) is 27.7 Å². The normalized spacial score (nSPS) is 11.5. The second-order valence-electron chi connectivity index (χ2n) is 14.3. The third-order valence-electron chi connectivity index (χ3n) is 10.7. The van der Waals surface area contributed by atoms with Crippen molar-refractivity contribution in [3.8, 4) is 11.1 Å². The molecule has 0 atom stereocenters. The van der Waals surface area contributed by atoms with Crippen LogP contribution in [0.25, 0.3) is 43.4 Å². The number of hydrogen-bond donors (Lipinski definition) is 1. The van der Waals surface area contributed by atoms with Gasteiger partial charge in [0.15, 0.2) is 0 Å². The minimum atomic E-state index is 0.738. The SMILES string of the molecule is Cc1ccc(N(c2ccccc2N)c2ccc3ccc4c(N(c5ccc(C)cc5C)c5ccccc5-c5ccccc5)ccc5ccc2c3c54)c(C)c1. The van der Waals surface area contributed by atoms with Crippen LogP contribution >= 0.6 is 0 Å². The number of benzene rings is 9. The largest absolute Gasteiger partial charge is 0.397 e. The second kappa shape index (κ2) is 12.9. The molecule has 0 aromatic heterocycles. The van der Waals surface area contributed by atoms with E-state index in [0.717, 1.165) is 39.8 Å². The Labute approximate surface area is 311 Å². The van der Waals surface area contributed by atoms with E-state index in [0.29, 0.717) is 0 Å². The van der Waals surface area contributed by atoms with Crippen molar-refractivity contribution >= 4 is 72.1 Å². The summed E-state index contributed by atoms with van der Waals surface area (Å²) in [5.74, 6) is 0. The van der Waals surface area contributed by atoms with Gasteiger partial charge in [0.1, 0.15) is 0 Å². The molecule has 0 radical (unpaired) electrons. The third-order valence-corrected chi connectivity index (χ3v) is 10.7. The highest BCUT2D eigenvalue weighted by Gasteiger charge is 2.24. The molecule has 0 amide bonds. The predicted octanol–water partition coefficient (Wildman–Crippen LogP) is 14.0. The zero-order valence-corrected chi connectivity index (χ0v) is 30.6. The van der Waals surface area contributed by atoms with Gasteiger partial charge in [0.2, 0.25) is 0 Å². The Morgan fingerprint density at radius 3 is 1.38 bits per heavy atom. The van der Waals surface area contributed by atoms with E-state index < -0.39 is 0 Å². The summed E-state index contributed by atoms with van der Waals surface area (Å²) in [5.41, 5.74) is 21.4. The Balaban J connectivity index is 1.34. The summed E-state index contributed by atoms with van der Waals surface area (Å²) >= 11 is 0. The number of aryl methyl sites for hydroxylation is 4. The average Bonchev–Trinajstić information content (AvgIpc) is 3.17. The highest BCUT2D eigenvalue weighted by atomic mass is 15.2. The van der Waals surface area contributed by atoms with Crippen LogP contribution in [0.15, 0.2) is 164 Å². The number of anilines is 7. The van der Waals surface area contributed by atoms with E-state index in [1.165, 1.54) is 65.7 Å². The molecule has 0 unspecified atom stereocenters. The van der Waals surface area contributed by atoms with Crippen LogP contribution in [0.4, 0.5) is 39.8 Å². The van der Waals surface area contributed by atoms with E-state index in [1.807, 2.05) is 12.1 Å². The van der Waals surface area contributed by atoms with Gasteiger partial charge in [-0.2, -0.15) is 0 Å². The molecule has 3 nitrogen and oxygen atoms in total. The minimum absolute atomic E-state index is 0.738. The highest BCUT2D eigenvalue weighted by molar-refractivity contribution is 6.28. The molecular weight excluding hydrogens is 643 g/mol. The summed E-state index contributed by atoms with van der Waals surface area (Å²) in [7, 11) is 0. The van der Waals surface area contributed by atoms with Gasteiger partial charge in [-0.25, -0.2) is 0 Å². The fraction of sp³-hybridized carbons (Fsp3) is 0.0800. The standard InChI is InChI=1S/C50H41N3/c1-32-18-26-43(34(3)30-32)52(45-16-10-8-14-39(45)36-12-6-5-7-13-36)46-28-22-37-21-25-41-47(29-23-38-20-24-40(46)49(37)50(38)41)53(48-17-11-9-15-42(48)51)44-27-19-33(2)31-35(44)4/h5-31H,51H2,1-4H3. The molecule has 0 saturated heterocycles. The van der Waals surface area contributed by atoms with Crippen LogP contribution in [0.2, 0.25) is 0 Å². The van der Waals surface area contributed by atoms with E-state index in [1.54, 1.807) is 0 Å². The number of nitrogens with zero attached hydrogens (tertiary/aromatic N) is 2. The van der Waals surface area contributed by atoms with Gasteiger partial charge in [-0.15, -0.1) is 0 Å². The molecule has 0 fully saturated rings. The van der Waals surface area contributed by atoms with Gasteiger partial charge in [-0.3, -0.25) is 0 Å². The Morgan fingerprint density at radius 2 is 0.830 bits per heavy atom. The van der Waals surface area contributed by atoms with Crippen molar-refractivity contribution in [2.45, 2.75) is 27.7 Å². The molecule has 0 aliphatic heterocycles. The first-order chi connectivity index (χ1) is 25.9. The molecule has 3 heteroatoms. The van der Waals surface area contributed by atoms with Crippen LogP contribution in [-0.4, -0.2) is 0 Å². The maximum atomic E-state index is 6.76. The van der Waals surface area contributed by atoms with E-state index in [4.69, 9.17) is 5.73 Å². The molecule has 0 spiro atoms. The molecule has 9 rings (SSSR count). The number of rotatable bonds is 7. The highest BCUT2D eigenvalue weighted by Crippen LogP contribution is 2.50. The van der Waals surface area contributed by atoms with Gasteiger partial charge < -0.3 is 15.5 Å². The predicted molar refractivity (Wildman–Crippen MR) is 228 cm³/mol. The number of para-hydroxylation sites is 3. The van der Waals surface area contributed by atoms with Crippen molar-refractivity contribution in [3.05, 3.63) is 186 Å². The van der Waals surface area contributed by atoms with Crippen molar-refractivity contribution in [2.24, 2.45) is 0 Å². The minimum Gasteiger partial charge on any atom is -0.397 e. The topological polar surface area (TPSA) is 32.5 Å². The molecule has 9 aromatic carbocycles. The Hall–Kier alpha value is -6.58. The molecular formula is C50H41N3. The third kappa shape index (κ3) is 5.44. The van der Waals surface area contributed by atoms with Crippen molar-refractivity contribution in [1.82, 2.24) is 0 Å². The lowest BCUT2D eigenvalue weighted by molar-refractivity contribution is 1.25. The van der Waals surface area contributed by atoms with Crippen LogP contribution in [0, 0.1) is 27.7 Å². The van der Waals surface area contributed by atoms with Gasteiger partial charge in [-0.1, -0.05) is 132 Å². The lowest BCUT2D eigenvalue weighted by Gasteiger charge is -2.32. The summed E-state index contributed by atoms with van der Waals surface area (Å²) in [6, 6.07) is 59.4. The molecule has 0 aliphatic carbocycles. The van der Waals surface area contributed by atoms with E-state index >= 15 is 0 Å². The Bertz CT molecular complexity index is 2800. The van der Waals surface area contributed by atoms with Crippen LogP contribution < -0.4 is 15.5 Å². The number of nitrogen functional groups attached to an aromatic ring is 1. The maximum Gasteiger partial charge on any atom is 0.0691 e. The molecule has 2 N–H and O–H groups in total. The van der Waals surface area contributed by atoms with Crippen molar-refractivity contribution in [3.63, 3.8) is 0 Å². The zero-order valence-electron chi connectivity index (χ0n) is 30.6. The van der Waals surface area contributed by atoms with Gasteiger partial charge in [0.05, 0.1) is 28.4 Å². The first-order valence-electron chi connectivity index (χ1n) is 18.3. The first kappa shape index (κ1) is 32.3. The summed E-state index contributed by atoms with van der Waals surface area (Å²) < 4.78 is 0. The molecule has 53 heavy (non-hydrogen) atoms. The van der Waals surface area contributed by atoms with Crippen molar-refractivity contribution in [2.75, 3.05) is 15.5 Å². The molecule has 0 bridgehead atoms. The molecule has 9 aromatic rings. The lowest BCUT2D eigenvalue weighted by Crippen LogP contribution is -2.14. The first-order valence-corrected chi connectivity index (χ1v) is 18.3. The molecule has 0 heterocycles. The van der Waals surface area contributed by atoms with Crippen LogP contribution in [0.3, 0.4) is 0 Å².